The van der Waals surface area contributed by atoms with Gasteiger partial charge in [0.2, 0.25) is 0 Å². The molecule has 0 radical (unpaired) electrons. The average molecular weight is 285 g/mol. The lowest BCUT2D eigenvalue weighted by molar-refractivity contribution is 0.494. The Kier molecular flexibility index (Phi) is 4.39. The van der Waals surface area contributed by atoms with E-state index < -0.39 is 8.07 Å². The Morgan fingerprint density at radius 1 is 1.00 bits per heavy atom. The predicted molar refractivity (Wildman–Crippen MR) is 93.2 cm³/mol. The molecule has 108 valence electrons. The maximum atomic E-state index is 2.48. The molecule has 0 heterocycles. The van der Waals surface area contributed by atoms with Crippen molar-refractivity contribution < 1.29 is 0 Å². The molecule has 0 fully saturated rings. The summed E-state index contributed by atoms with van der Waals surface area (Å²) in [5, 5.41) is 1.62. The first kappa shape index (κ1) is 15.3. The van der Waals surface area contributed by atoms with Crippen LogP contribution in [0.5, 0.6) is 0 Å². The highest BCUT2D eigenvalue weighted by Gasteiger charge is 2.43. The molecule has 1 aliphatic rings. The van der Waals surface area contributed by atoms with E-state index >= 15 is 0 Å². The van der Waals surface area contributed by atoms with E-state index in [1.54, 1.807) is 10.8 Å². The van der Waals surface area contributed by atoms with E-state index in [0.29, 0.717) is 5.54 Å². The molecule has 2 rings (SSSR count). The van der Waals surface area contributed by atoms with Gasteiger partial charge < -0.3 is 0 Å². The average Bonchev–Trinajstić information content (AvgIpc) is 2.92. The number of benzene rings is 1. The zero-order valence-corrected chi connectivity index (χ0v) is 14.6. The topological polar surface area (TPSA) is 0 Å². The van der Waals surface area contributed by atoms with Gasteiger partial charge in [0.15, 0.2) is 0 Å². The summed E-state index contributed by atoms with van der Waals surface area (Å²) in [7, 11) is -1.51. The third kappa shape index (κ3) is 2.56. The normalized spacial score (nSPS) is 19.2. The summed E-state index contributed by atoms with van der Waals surface area (Å²) in [4.78, 5) is 0. The molecule has 0 aromatic heterocycles. The molecule has 0 saturated carbocycles. The molecule has 0 aliphatic heterocycles. The zero-order valence-electron chi connectivity index (χ0n) is 13.6. The first-order chi connectivity index (χ1) is 9.45. The van der Waals surface area contributed by atoms with Crippen molar-refractivity contribution in [1.29, 1.82) is 0 Å². The molecule has 1 atom stereocenters. The number of rotatable bonds is 4. The molecule has 1 unspecified atom stereocenters. The number of allylic oxidation sites excluding steroid dienone is 4. The highest BCUT2D eigenvalue weighted by molar-refractivity contribution is 6.93. The Balaban J connectivity index is 2.50. The van der Waals surface area contributed by atoms with Crippen molar-refractivity contribution in [1.82, 2.24) is 0 Å². The van der Waals surface area contributed by atoms with Gasteiger partial charge in [-0.1, -0.05) is 106 Å². The third-order valence-corrected chi connectivity index (χ3v) is 10.7. The van der Waals surface area contributed by atoms with Crippen LogP contribution in [-0.4, -0.2) is 8.07 Å². The summed E-state index contributed by atoms with van der Waals surface area (Å²) in [6.45, 7) is 11.9. The van der Waals surface area contributed by atoms with E-state index in [1.165, 1.54) is 12.1 Å². The minimum Gasteiger partial charge on any atom is -0.0797 e. The van der Waals surface area contributed by atoms with Crippen LogP contribution in [0.15, 0.2) is 54.1 Å². The van der Waals surface area contributed by atoms with Crippen molar-refractivity contribution >= 4 is 13.3 Å². The Labute approximate surface area is 125 Å². The lowest BCUT2D eigenvalue weighted by Gasteiger charge is -2.40. The fourth-order valence-corrected chi connectivity index (χ4v) is 8.74. The van der Waals surface area contributed by atoms with E-state index in [1.807, 2.05) is 0 Å². The molecule has 0 nitrogen and oxygen atoms in total. The van der Waals surface area contributed by atoms with Crippen LogP contribution in [-0.2, 0) is 0 Å². The van der Waals surface area contributed by atoms with Crippen molar-refractivity contribution in [2.24, 2.45) is 5.41 Å². The molecular formula is C19H28Si. The zero-order chi connectivity index (χ0) is 14.8. The molecule has 0 saturated heterocycles. The molecule has 1 aromatic carbocycles. The lowest BCUT2D eigenvalue weighted by Crippen LogP contribution is -2.51. The van der Waals surface area contributed by atoms with Gasteiger partial charge >= 0.3 is 0 Å². The first-order valence-electron chi connectivity index (χ1n) is 7.90. The van der Waals surface area contributed by atoms with Crippen molar-refractivity contribution in [3.05, 3.63) is 54.1 Å². The molecule has 0 N–H and O–H groups in total. The van der Waals surface area contributed by atoms with Gasteiger partial charge in [0.25, 0.3) is 0 Å². The fraction of sp³-hybridized carbons (Fsp3) is 0.474. The van der Waals surface area contributed by atoms with Crippen LogP contribution in [0.2, 0.25) is 17.6 Å². The summed E-state index contributed by atoms with van der Waals surface area (Å²) in [5.41, 5.74) is 2.57. The smallest absolute Gasteiger partial charge is 0.0797 e. The molecule has 1 aliphatic carbocycles. The van der Waals surface area contributed by atoms with Crippen LogP contribution in [0, 0.1) is 5.41 Å². The van der Waals surface area contributed by atoms with E-state index in [-0.39, 0.29) is 5.41 Å². The Morgan fingerprint density at radius 3 is 2.10 bits per heavy atom. The van der Waals surface area contributed by atoms with Gasteiger partial charge in [-0.3, -0.25) is 0 Å². The second-order valence-electron chi connectivity index (χ2n) is 6.96. The van der Waals surface area contributed by atoms with E-state index in [4.69, 9.17) is 0 Å². The molecule has 0 spiro atoms. The van der Waals surface area contributed by atoms with Gasteiger partial charge in [-0.2, -0.15) is 0 Å². The Morgan fingerprint density at radius 2 is 1.60 bits per heavy atom. The summed E-state index contributed by atoms with van der Waals surface area (Å²) in [6.07, 6.45) is 7.15. The number of hydrogen-bond donors (Lipinski definition) is 0. The van der Waals surface area contributed by atoms with Gasteiger partial charge in [0.05, 0.1) is 8.07 Å². The Bertz CT molecular complexity index is 498. The van der Waals surface area contributed by atoms with Gasteiger partial charge in [-0.05, 0) is 11.0 Å². The standard InChI is InChI=1S/C19H28Si/c1-6-20(7-2,16-12-9-8-10-13-16)18-15-11-14-17(18)19(3,4)5/h8-15,18H,6-7H2,1-5H3. The molecule has 20 heavy (non-hydrogen) atoms. The van der Waals surface area contributed by atoms with Gasteiger partial charge in [-0.25, -0.2) is 0 Å². The molecule has 1 aromatic rings. The third-order valence-electron chi connectivity index (χ3n) is 4.99. The summed E-state index contributed by atoms with van der Waals surface area (Å²) < 4.78 is 0. The second kappa shape index (κ2) is 5.73. The monoisotopic (exact) mass is 284 g/mol. The summed E-state index contributed by atoms with van der Waals surface area (Å²) in [6, 6.07) is 13.9. The molecule has 0 amide bonds. The first-order valence-corrected chi connectivity index (χ1v) is 10.4. The SMILES string of the molecule is CC[Si](CC)(c1ccccc1)C1C=CC=C1C(C)(C)C. The molecular weight excluding hydrogens is 256 g/mol. The second-order valence-corrected chi connectivity index (χ2v) is 11.9. The van der Waals surface area contributed by atoms with Crippen LogP contribution < -0.4 is 5.19 Å². The van der Waals surface area contributed by atoms with Crippen molar-refractivity contribution in [3.8, 4) is 0 Å². The van der Waals surface area contributed by atoms with E-state index in [0.717, 1.165) is 0 Å². The minimum atomic E-state index is -1.51. The van der Waals surface area contributed by atoms with Crippen LogP contribution in [0.1, 0.15) is 34.6 Å². The van der Waals surface area contributed by atoms with E-state index in [2.05, 4.69) is 83.2 Å². The summed E-state index contributed by atoms with van der Waals surface area (Å²) >= 11 is 0. The van der Waals surface area contributed by atoms with Gasteiger partial charge in [0.1, 0.15) is 0 Å². The highest BCUT2D eigenvalue weighted by atomic mass is 28.3. The van der Waals surface area contributed by atoms with Gasteiger partial charge in [-0.15, -0.1) is 0 Å². The summed E-state index contributed by atoms with van der Waals surface area (Å²) in [5.74, 6) is 0. The highest BCUT2D eigenvalue weighted by Crippen LogP contribution is 2.46. The molecule has 1 heteroatoms. The minimum absolute atomic E-state index is 0.269. The van der Waals surface area contributed by atoms with Gasteiger partial charge in [0, 0.05) is 0 Å². The van der Waals surface area contributed by atoms with E-state index in [9.17, 15) is 0 Å². The lowest BCUT2D eigenvalue weighted by atomic mass is 9.85. The quantitative estimate of drug-likeness (QED) is 0.659. The largest absolute Gasteiger partial charge is 0.0969 e. The van der Waals surface area contributed by atoms with Crippen LogP contribution in [0.3, 0.4) is 0 Å². The van der Waals surface area contributed by atoms with Crippen molar-refractivity contribution in [3.63, 3.8) is 0 Å². The molecule has 0 bridgehead atoms. The van der Waals surface area contributed by atoms with Crippen molar-refractivity contribution in [2.75, 3.05) is 0 Å². The predicted octanol–water partition coefficient (Wildman–Crippen LogP) is 5.29. The number of hydrogen-bond acceptors (Lipinski definition) is 0. The Hall–Kier alpha value is -1.08. The van der Waals surface area contributed by atoms with Crippen LogP contribution in [0.25, 0.3) is 0 Å². The maximum Gasteiger partial charge on any atom is 0.0969 e. The fourth-order valence-electron chi connectivity index (χ4n) is 3.72. The van der Waals surface area contributed by atoms with Crippen molar-refractivity contribution in [2.45, 2.75) is 52.2 Å². The van der Waals surface area contributed by atoms with Crippen LogP contribution >= 0.6 is 0 Å². The van der Waals surface area contributed by atoms with Crippen LogP contribution in [0.4, 0.5) is 0 Å². The maximum absolute atomic E-state index is 2.48.